The van der Waals surface area contributed by atoms with E-state index >= 15 is 0 Å². The number of hydrogen-bond acceptors (Lipinski definition) is 5. The predicted octanol–water partition coefficient (Wildman–Crippen LogP) is 17.6. The van der Waals surface area contributed by atoms with Crippen molar-refractivity contribution in [3.63, 3.8) is 0 Å². The number of rotatable bonds is 2. The van der Waals surface area contributed by atoms with E-state index in [4.69, 9.17) is 8.83 Å². The lowest BCUT2D eigenvalue weighted by atomic mass is 9.45. The van der Waals surface area contributed by atoms with Crippen LogP contribution in [0.3, 0.4) is 0 Å². The quantitative estimate of drug-likeness (QED) is 0.162. The third kappa shape index (κ3) is 5.58. The molecular formula is C65H57BN2O2S. The molecule has 0 N–H and O–H groups in total. The number of hydrogen-bond donors (Lipinski definition) is 0. The second-order valence-electron chi connectivity index (χ2n) is 24.2. The van der Waals surface area contributed by atoms with Crippen molar-refractivity contribution >= 4 is 122 Å². The molecule has 4 nitrogen and oxygen atoms in total. The molecule has 11 aromatic rings. The van der Waals surface area contributed by atoms with Crippen LogP contribution in [-0.2, 0) is 21.7 Å². The topological polar surface area (TPSA) is 32.8 Å². The molecule has 8 aromatic carbocycles. The number of fused-ring (bicyclic) bond motifs is 16. The van der Waals surface area contributed by atoms with Crippen molar-refractivity contribution in [2.24, 2.45) is 0 Å². The van der Waals surface area contributed by atoms with Crippen LogP contribution in [0.1, 0.15) is 109 Å². The fourth-order valence-corrected chi connectivity index (χ4v) is 15.0. The SMILES string of the molecule is Cc1cc2c(cc1N1c3c(oc4cc5c(cc34)C(C)(C)CCC5(C)C)B3c4c(cc5c(oc6ccccc65)c41)-c1cc4ccccc4cc1N3c1cccc3sc4ccccc4c13)C(C)(C)CCC2(C)C. The molecule has 5 heterocycles. The van der Waals surface area contributed by atoms with Crippen molar-refractivity contribution in [1.82, 2.24) is 0 Å². The molecule has 0 fully saturated rings. The van der Waals surface area contributed by atoms with Gasteiger partial charge in [0.25, 0.3) is 0 Å². The summed E-state index contributed by atoms with van der Waals surface area (Å²) in [7, 11) is 0. The maximum atomic E-state index is 7.84. The molecule has 0 radical (unpaired) electrons. The monoisotopic (exact) mass is 940 g/mol. The molecule has 71 heavy (non-hydrogen) atoms. The van der Waals surface area contributed by atoms with Gasteiger partial charge in [-0.15, -0.1) is 11.3 Å². The van der Waals surface area contributed by atoms with Crippen molar-refractivity contribution in [1.29, 1.82) is 0 Å². The lowest BCUT2D eigenvalue weighted by molar-refractivity contribution is 0.332. The fraction of sp³-hybridized carbons (Fsp3) is 0.262. The maximum Gasteiger partial charge on any atom is 0.376 e. The molecule has 15 rings (SSSR count). The molecule has 3 aromatic heterocycles. The summed E-state index contributed by atoms with van der Waals surface area (Å²) < 4.78 is 17.8. The first kappa shape index (κ1) is 42.0. The minimum Gasteiger partial charge on any atom is -0.466 e. The molecular weight excluding hydrogens is 884 g/mol. The van der Waals surface area contributed by atoms with Gasteiger partial charge in [-0.1, -0.05) is 128 Å². The Hall–Kier alpha value is -6.76. The first-order valence-electron chi connectivity index (χ1n) is 25.9. The Labute approximate surface area is 420 Å². The normalized spacial score (nSPS) is 18.1. The van der Waals surface area contributed by atoms with Crippen LogP contribution in [0.25, 0.3) is 75.0 Å². The average molecular weight is 941 g/mol. The first-order valence-corrected chi connectivity index (χ1v) is 26.7. The molecule has 0 bridgehead atoms. The zero-order chi connectivity index (χ0) is 48.2. The molecule has 348 valence electrons. The average Bonchev–Trinajstić information content (AvgIpc) is 4.05. The molecule has 0 spiro atoms. The Morgan fingerprint density at radius 1 is 0.479 bits per heavy atom. The number of para-hydroxylation sites is 1. The standard InChI is InChI=1S/C65H57BN2O2S/c1-36-29-45-47(64(6,7)27-25-62(45,2)3)34-50(36)67-58-44-33-46-48(65(8,9)28-26-63(46,4)5)35-53(44)70-61(58)66-57-42(32-43-39-19-12-14-22-52(39)69-60(43)59(57)67)41-30-37-17-10-11-18-38(37)31-51(41)68(66)49-21-16-24-55-56(49)40-20-13-15-23-54(40)71-55/h10-24,29-35H,25-28H2,1-9H3. The number of anilines is 5. The van der Waals surface area contributed by atoms with Gasteiger partial charge in [-0.3, -0.25) is 0 Å². The number of thiophene rings is 1. The van der Waals surface area contributed by atoms with Crippen molar-refractivity contribution in [2.45, 2.75) is 110 Å². The summed E-state index contributed by atoms with van der Waals surface area (Å²) in [5.41, 5.74) is 20.2. The van der Waals surface area contributed by atoms with E-state index in [9.17, 15) is 0 Å². The van der Waals surface area contributed by atoms with E-state index in [1.807, 2.05) is 11.3 Å². The molecule has 0 atom stereocenters. The first-order chi connectivity index (χ1) is 34.1. The van der Waals surface area contributed by atoms with E-state index < -0.39 is 0 Å². The number of furan rings is 2. The van der Waals surface area contributed by atoms with Crippen molar-refractivity contribution < 1.29 is 8.83 Å². The van der Waals surface area contributed by atoms with Gasteiger partial charge in [-0.05, 0) is 165 Å². The summed E-state index contributed by atoms with van der Waals surface area (Å²) in [5, 5.41) is 8.40. The van der Waals surface area contributed by atoms with Gasteiger partial charge in [0, 0.05) is 59.0 Å². The highest BCUT2D eigenvalue weighted by Gasteiger charge is 2.52. The van der Waals surface area contributed by atoms with E-state index in [1.165, 1.54) is 92.4 Å². The van der Waals surface area contributed by atoms with Gasteiger partial charge in [-0.2, -0.15) is 0 Å². The van der Waals surface area contributed by atoms with Crippen LogP contribution in [-0.4, -0.2) is 6.85 Å². The summed E-state index contributed by atoms with van der Waals surface area (Å²) in [6.45, 7) is 21.5. The van der Waals surface area contributed by atoms with Crippen LogP contribution in [0.2, 0.25) is 0 Å². The number of aryl methyl sites for hydroxylation is 1. The maximum absolute atomic E-state index is 7.84. The van der Waals surface area contributed by atoms with Crippen molar-refractivity contribution in [3.8, 4) is 11.1 Å². The zero-order valence-electron chi connectivity index (χ0n) is 42.2. The van der Waals surface area contributed by atoms with Gasteiger partial charge in [0.2, 0.25) is 0 Å². The molecule has 0 unspecified atom stereocenters. The van der Waals surface area contributed by atoms with Crippen LogP contribution in [0.4, 0.5) is 28.4 Å². The second kappa shape index (κ2) is 13.8. The highest BCUT2D eigenvalue weighted by molar-refractivity contribution is 7.26. The van der Waals surface area contributed by atoms with Gasteiger partial charge in [-0.25, -0.2) is 0 Å². The Balaban J connectivity index is 1.16. The lowest BCUT2D eigenvalue weighted by Gasteiger charge is -2.45. The van der Waals surface area contributed by atoms with E-state index in [0.717, 1.165) is 75.6 Å². The van der Waals surface area contributed by atoms with Crippen molar-refractivity contribution in [2.75, 3.05) is 9.71 Å². The predicted molar refractivity (Wildman–Crippen MR) is 303 cm³/mol. The second-order valence-corrected chi connectivity index (χ2v) is 25.2. The van der Waals surface area contributed by atoms with Crippen molar-refractivity contribution in [3.05, 3.63) is 161 Å². The van der Waals surface area contributed by atoms with E-state index in [-0.39, 0.29) is 28.5 Å². The highest BCUT2D eigenvalue weighted by atomic mass is 32.1. The summed E-state index contributed by atoms with van der Waals surface area (Å²) >= 11 is 1.88. The molecule has 0 saturated heterocycles. The summed E-state index contributed by atoms with van der Waals surface area (Å²) in [4.78, 5) is 5.30. The molecule has 0 amide bonds. The van der Waals surface area contributed by atoms with Crippen LogP contribution in [0, 0.1) is 6.92 Å². The molecule has 2 aliphatic heterocycles. The van der Waals surface area contributed by atoms with Crippen LogP contribution >= 0.6 is 11.3 Å². The van der Waals surface area contributed by atoms with Gasteiger partial charge in [0.15, 0.2) is 5.58 Å². The van der Waals surface area contributed by atoms with Gasteiger partial charge in [0.1, 0.15) is 16.8 Å². The summed E-state index contributed by atoms with van der Waals surface area (Å²) in [5.74, 6) is 0. The fourth-order valence-electron chi connectivity index (χ4n) is 13.8. The van der Waals surface area contributed by atoms with Crippen LogP contribution in [0.15, 0.2) is 142 Å². The summed E-state index contributed by atoms with van der Waals surface area (Å²) in [6, 6.07) is 50.9. The Morgan fingerprint density at radius 2 is 1.10 bits per heavy atom. The largest absolute Gasteiger partial charge is 0.466 e. The molecule has 0 saturated carbocycles. The number of benzene rings is 8. The van der Waals surface area contributed by atoms with Crippen LogP contribution in [0.5, 0.6) is 0 Å². The van der Waals surface area contributed by atoms with Gasteiger partial charge < -0.3 is 18.5 Å². The zero-order valence-corrected chi connectivity index (χ0v) is 43.0. The Kier molecular flexibility index (Phi) is 8.16. The van der Waals surface area contributed by atoms with Gasteiger partial charge in [0.05, 0.1) is 11.4 Å². The van der Waals surface area contributed by atoms with Gasteiger partial charge >= 0.3 is 6.85 Å². The smallest absolute Gasteiger partial charge is 0.376 e. The minimum atomic E-state index is -0.347. The third-order valence-electron chi connectivity index (χ3n) is 18.0. The Morgan fingerprint density at radius 3 is 1.85 bits per heavy atom. The van der Waals surface area contributed by atoms with E-state index in [2.05, 4.69) is 205 Å². The molecule has 4 aliphatic rings. The molecule has 6 heteroatoms. The van der Waals surface area contributed by atoms with E-state index in [1.54, 1.807) is 0 Å². The Bertz CT molecular complexity index is 4180. The van der Waals surface area contributed by atoms with Crippen LogP contribution < -0.4 is 20.8 Å². The lowest BCUT2D eigenvalue weighted by Crippen LogP contribution is -2.61. The third-order valence-corrected chi connectivity index (χ3v) is 19.2. The van der Waals surface area contributed by atoms with E-state index in [0.29, 0.717) is 0 Å². The molecule has 2 aliphatic carbocycles. The minimum absolute atomic E-state index is 0.00257. The summed E-state index contributed by atoms with van der Waals surface area (Å²) in [6.07, 6.45) is 4.55. The number of nitrogens with zero attached hydrogens (tertiary/aromatic N) is 2. The highest BCUT2D eigenvalue weighted by Crippen LogP contribution is 2.57.